The maximum Gasteiger partial charge on any atom is 0.265 e. The number of rotatable bonds is 3. The second-order valence-corrected chi connectivity index (χ2v) is 7.23. The highest BCUT2D eigenvalue weighted by atomic mass is 32.2. The minimum absolute atomic E-state index is 0.165. The number of benzene rings is 1. The molecule has 0 saturated carbocycles. The highest BCUT2D eigenvalue weighted by Gasteiger charge is 2.06. The Morgan fingerprint density at radius 2 is 1.83 bits per heavy atom. The van der Waals surface area contributed by atoms with Crippen molar-refractivity contribution < 1.29 is 21.0 Å². The van der Waals surface area contributed by atoms with Gasteiger partial charge in [-0.25, -0.2) is 8.42 Å². The van der Waals surface area contributed by atoms with E-state index in [4.69, 9.17) is 0 Å². The largest absolute Gasteiger partial charge is 0.265 e. The van der Waals surface area contributed by atoms with Gasteiger partial charge < -0.3 is 0 Å². The predicted molar refractivity (Wildman–Crippen MR) is 67.2 cm³/mol. The molecule has 98 valence electrons. The molecule has 0 bridgehead atoms. The van der Waals surface area contributed by atoms with Gasteiger partial charge in [-0.1, -0.05) is 17.9 Å². The van der Waals surface area contributed by atoms with E-state index >= 15 is 0 Å². The third-order valence-corrected chi connectivity index (χ3v) is 3.50. The van der Waals surface area contributed by atoms with Crippen molar-refractivity contribution in [2.75, 3.05) is 19.1 Å². The number of sulfone groups is 1. The summed E-state index contributed by atoms with van der Waals surface area (Å²) in [6, 6.07) is 6.08. The standard InChI is InChI=1S/C11H12O5S2/c1-17(12,13)11-7-3-5-10(9-11)6-4-8-16-18(2,14)15/h3,5,7,9H,8H2,1-2H3. The quantitative estimate of drug-likeness (QED) is 0.595. The van der Waals surface area contributed by atoms with Crippen LogP contribution in [0.4, 0.5) is 0 Å². The molecule has 0 aliphatic carbocycles. The SMILES string of the molecule is CS(=O)(=O)OCC#Cc1cccc(S(C)(=O)=O)c1. The molecular weight excluding hydrogens is 276 g/mol. The molecule has 0 spiro atoms. The van der Waals surface area contributed by atoms with E-state index in [1.54, 1.807) is 12.1 Å². The monoisotopic (exact) mass is 288 g/mol. The summed E-state index contributed by atoms with van der Waals surface area (Å²) in [6.45, 7) is -0.262. The summed E-state index contributed by atoms with van der Waals surface area (Å²) in [7, 11) is -6.78. The zero-order valence-electron chi connectivity index (χ0n) is 9.87. The van der Waals surface area contributed by atoms with Crippen molar-refractivity contribution >= 4 is 20.0 Å². The lowest BCUT2D eigenvalue weighted by Crippen LogP contribution is -2.02. The van der Waals surface area contributed by atoms with Crippen LogP contribution >= 0.6 is 0 Å². The van der Waals surface area contributed by atoms with Crippen LogP contribution in [0.1, 0.15) is 5.56 Å². The Morgan fingerprint density at radius 3 is 2.39 bits per heavy atom. The van der Waals surface area contributed by atoms with E-state index in [-0.39, 0.29) is 11.5 Å². The molecule has 0 radical (unpaired) electrons. The molecule has 5 nitrogen and oxygen atoms in total. The Balaban J connectivity index is 2.84. The molecular formula is C11H12O5S2. The minimum atomic E-state index is -3.51. The van der Waals surface area contributed by atoms with Gasteiger partial charge in [-0.3, -0.25) is 4.18 Å². The molecule has 1 rings (SSSR count). The molecule has 0 saturated heterocycles. The molecule has 0 unspecified atom stereocenters. The maximum absolute atomic E-state index is 11.3. The summed E-state index contributed by atoms with van der Waals surface area (Å²) in [5.74, 6) is 5.12. The first-order valence-electron chi connectivity index (χ1n) is 4.82. The first kappa shape index (κ1) is 14.7. The van der Waals surface area contributed by atoms with Crippen molar-refractivity contribution in [3.8, 4) is 11.8 Å². The molecule has 18 heavy (non-hydrogen) atoms. The molecule has 7 heteroatoms. The van der Waals surface area contributed by atoms with Gasteiger partial charge in [0.25, 0.3) is 10.1 Å². The second kappa shape index (κ2) is 5.52. The fourth-order valence-corrected chi connectivity index (χ4v) is 2.02. The smallest absolute Gasteiger partial charge is 0.257 e. The topological polar surface area (TPSA) is 77.5 Å². The predicted octanol–water partition coefficient (Wildman–Crippen LogP) is 0.418. The van der Waals surface area contributed by atoms with E-state index < -0.39 is 20.0 Å². The fraction of sp³-hybridized carbons (Fsp3) is 0.273. The van der Waals surface area contributed by atoms with Crippen molar-refractivity contribution in [2.45, 2.75) is 4.90 Å². The van der Waals surface area contributed by atoms with E-state index in [1.807, 2.05) is 0 Å². The van der Waals surface area contributed by atoms with E-state index in [9.17, 15) is 16.8 Å². The van der Waals surface area contributed by atoms with Gasteiger partial charge in [0.1, 0.15) is 6.61 Å². The summed E-state index contributed by atoms with van der Waals surface area (Å²) < 4.78 is 48.3. The Hall–Kier alpha value is -1.36. The van der Waals surface area contributed by atoms with Gasteiger partial charge >= 0.3 is 0 Å². The number of hydrogen-bond acceptors (Lipinski definition) is 5. The van der Waals surface area contributed by atoms with Crippen LogP contribution in [0.25, 0.3) is 0 Å². The van der Waals surface area contributed by atoms with E-state index in [1.165, 1.54) is 12.1 Å². The van der Waals surface area contributed by atoms with Crippen LogP contribution in [0.3, 0.4) is 0 Å². The second-order valence-electron chi connectivity index (χ2n) is 3.57. The summed E-state index contributed by atoms with van der Waals surface area (Å²) in [4.78, 5) is 0.165. The highest BCUT2D eigenvalue weighted by Crippen LogP contribution is 2.10. The molecule has 0 aliphatic rings. The average Bonchev–Trinajstić information content (AvgIpc) is 2.22. The van der Waals surface area contributed by atoms with Gasteiger partial charge in [0.05, 0.1) is 11.2 Å². The lowest BCUT2D eigenvalue weighted by molar-refractivity contribution is 0.368. The first-order valence-corrected chi connectivity index (χ1v) is 8.53. The van der Waals surface area contributed by atoms with Crippen LogP contribution in [-0.2, 0) is 24.1 Å². The highest BCUT2D eigenvalue weighted by molar-refractivity contribution is 7.90. The van der Waals surface area contributed by atoms with E-state index in [0.29, 0.717) is 5.56 Å². The average molecular weight is 288 g/mol. The van der Waals surface area contributed by atoms with Crippen LogP contribution in [0.2, 0.25) is 0 Å². The lowest BCUT2D eigenvalue weighted by Gasteiger charge is -1.98. The molecule has 0 N–H and O–H groups in total. The molecule has 1 aromatic carbocycles. The van der Waals surface area contributed by atoms with Crippen molar-refractivity contribution in [1.82, 2.24) is 0 Å². The van der Waals surface area contributed by atoms with Gasteiger partial charge in [0.15, 0.2) is 9.84 Å². The van der Waals surface area contributed by atoms with E-state index in [2.05, 4.69) is 16.0 Å². The van der Waals surface area contributed by atoms with E-state index in [0.717, 1.165) is 12.5 Å². The van der Waals surface area contributed by atoms with Crippen molar-refractivity contribution in [3.63, 3.8) is 0 Å². The summed E-state index contributed by atoms with van der Waals surface area (Å²) >= 11 is 0. The molecule has 0 atom stereocenters. The van der Waals surface area contributed by atoms with Gasteiger partial charge in [-0.2, -0.15) is 8.42 Å². The maximum atomic E-state index is 11.3. The zero-order valence-corrected chi connectivity index (χ0v) is 11.5. The normalized spacial score (nSPS) is 11.7. The fourth-order valence-electron chi connectivity index (χ4n) is 1.08. The van der Waals surface area contributed by atoms with Crippen LogP contribution in [0.5, 0.6) is 0 Å². The Labute approximate surface area is 107 Å². The third-order valence-electron chi connectivity index (χ3n) is 1.84. The first-order chi connectivity index (χ1) is 8.18. The van der Waals surface area contributed by atoms with Gasteiger partial charge in [-0.15, -0.1) is 0 Å². The summed E-state index contributed by atoms with van der Waals surface area (Å²) in [6.07, 6.45) is 2.03. The Bertz CT molecular complexity index is 690. The van der Waals surface area contributed by atoms with Crippen molar-refractivity contribution in [1.29, 1.82) is 0 Å². The Morgan fingerprint density at radius 1 is 1.17 bits per heavy atom. The summed E-state index contributed by atoms with van der Waals surface area (Å²) in [5, 5.41) is 0. The molecule has 0 aliphatic heterocycles. The van der Waals surface area contributed by atoms with Gasteiger partial charge in [0, 0.05) is 11.8 Å². The van der Waals surface area contributed by atoms with Crippen LogP contribution < -0.4 is 0 Å². The third kappa shape index (κ3) is 5.31. The van der Waals surface area contributed by atoms with Crippen molar-refractivity contribution in [3.05, 3.63) is 29.8 Å². The van der Waals surface area contributed by atoms with Gasteiger partial charge in [0.2, 0.25) is 0 Å². The molecule has 0 aromatic heterocycles. The summed E-state index contributed by atoms with van der Waals surface area (Å²) in [5.41, 5.74) is 0.482. The van der Waals surface area contributed by atoms with Gasteiger partial charge in [-0.05, 0) is 18.2 Å². The van der Waals surface area contributed by atoms with Crippen molar-refractivity contribution in [2.24, 2.45) is 0 Å². The molecule has 1 aromatic rings. The molecule has 0 fully saturated rings. The van der Waals surface area contributed by atoms with Crippen LogP contribution in [0.15, 0.2) is 29.2 Å². The zero-order chi connectivity index (χ0) is 13.8. The van der Waals surface area contributed by atoms with Crippen LogP contribution in [-0.4, -0.2) is 36.0 Å². The lowest BCUT2D eigenvalue weighted by atomic mass is 10.2. The minimum Gasteiger partial charge on any atom is -0.257 e. The number of hydrogen-bond donors (Lipinski definition) is 0. The Kier molecular flexibility index (Phi) is 4.51. The van der Waals surface area contributed by atoms with Crippen LogP contribution in [0, 0.1) is 11.8 Å². The molecule has 0 heterocycles. The molecule has 0 amide bonds.